The zero-order chi connectivity index (χ0) is 14.0. The van der Waals surface area contributed by atoms with Crippen molar-refractivity contribution in [3.05, 3.63) is 39.9 Å². The van der Waals surface area contributed by atoms with Crippen molar-refractivity contribution in [3.63, 3.8) is 0 Å². The maximum atomic E-state index is 12.1. The minimum Gasteiger partial charge on any atom is -0.477 e. The zero-order valence-electron chi connectivity index (χ0n) is 10.7. The van der Waals surface area contributed by atoms with Crippen LogP contribution in [0.15, 0.2) is 23.3 Å². The van der Waals surface area contributed by atoms with Crippen LogP contribution in [0.25, 0.3) is 5.82 Å². The van der Waals surface area contributed by atoms with Crippen LogP contribution >= 0.6 is 0 Å². The topological polar surface area (TPSA) is 90.0 Å². The quantitative estimate of drug-likeness (QED) is 0.882. The fourth-order valence-corrected chi connectivity index (χ4v) is 1.77. The maximum absolute atomic E-state index is 12.1. The highest BCUT2D eigenvalue weighted by Gasteiger charge is 2.16. The molecule has 0 aliphatic heterocycles. The molecule has 0 atom stereocenters. The Balaban J connectivity index is 2.53. The predicted molar refractivity (Wildman–Crippen MR) is 67.6 cm³/mol. The SMILES string of the molecule is CCCn1ncc(-n2ccc(C)c(C(=O)O)c2=O)n1. The second-order valence-electron chi connectivity index (χ2n) is 4.15. The van der Waals surface area contributed by atoms with Crippen LogP contribution in [0.1, 0.15) is 29.3 Å². The van der Waals surface area contributed by atoms with Gasteiger partial charge in [-0.25, -0.2) is 4.79 Å². The van der Waals surface area contributed by atoms with Gasteiger partial charge in [-0.15, -0.1) is 5.10 Å². The molecule has 0 spiro atoms. The number of nitrogens with zero attached hydrogens (tertiary/aromatic N) is 4. The lowest BCUT2D eigenvalue weighted by molar-refractivity contribution is 0.0693. The maximum Gasteiger partial charge on any atom is 0.341 e. The van der Waals surface area contributed by atoms with Gasteiger partial charge in [-0.1, -0.05) is 6.92 Å². The second kappa shape index (κ2) is 5.05. The van der Waals surface area contributed by atoms with E-state index in [2.05, 4.69) is 10.2 Å². The molecule has 2 aromatic heterocycles. The highest BCUT2D eigenvalue weighted by molar-refractivity contribution is 5.88. The summed E-state index contributed by atoms with van der Waals surface area (Å²) >= 11 is 0. The van der Waals surface area contributed by atoms with Gasteiger partial charge in [0, 0.05) is 6.20 Å². The summed E-state index contributed by atoms with van der Waals surface area (Å²) in [5, 5.41) is 17.2. The lowest BCUT2D eigenvalue weighted by Gasteiger charge is -2.04. The molecular formula is C12H14N4O3. The number of hydrogen-bond donors (Lipinski definition) is 1. The van der Waals surface area contributed by atoms with Gasteiger partial charge in [-0.2, -0.15) is 9.90 Å². The summed E-state index contributed by atoms with van der Waals surface area (Å²) in [5.41, 5.74) is -0.418. The Hall–Kier alpha value is -2.44. The largest absolute Gasteiger partial charge is 0.477 e. The van der Waals surface area contributed by atoms with Crippen molar-refractivity contribution < 1.29 is 9.90 Å². The summed E-state index contributed by atoms with van der Waals surface area (Å²) in [6, 6.07) is 1.57. The minimum atomic E-state index is -1.24. The van der Waals surface area contributed by atoms with E-state index in [4.69, 9.17) is 5.11 Å². The number of carboxylic acid groups (broad SMARTS) is 1. The molecule has 2 rings (SSSR count). The molecule has 0 fully saturated rings. The van der Waals surface area contributed by atoms with Gasteiger partial charge in [0.05, 0.1) is 12.7 Å². The van der Waals surface area contributed by atoms with Gasteiger partial charge in [0.1, 0.15) is 5.56 Å². The summed E-state index contributed by atoms with van der Waals surface area (Å²) in [6.07, 6.45) is 3.82. The molecule has 0 aliphatic rings. The molecule has 0 aliphatic carbocycles. The van der Waals surface area contributed by atoms with Gasteiger partial charge in [0.25, 0.3) is 5.56 Å². The van der Waals surface area contributed by atoms with E-state index in [1.165, 1.54) is 21.8 Å². The number of aromatic nitrogens is 4. The van der Waals surface area contributed by atoms with Crippen LogP contribution in [-0.2, 0) is 6.54 Å². The molecule has 0 unspecified atom stereocenters. The summed E-state index contributed by atoms with van der Waals surface area (Å²) < 4.78 is 1.19. The molecule has 0 aromatic carbocycles. The molecular weight excluding hydrogens is 248 g/mol. The Kier molecular flexibility index (Phi) is 3.46. The van der Waals surface area contributed by atoms with Crippen LogP contribution in [0.2, 0.25) is 0 Å². The lowest BCUT2D eigenvalue weighted by atomic mass is 10.1. The van der Waals surface area contributed by atoms with E-state index in [0.717, 1.165) is 6.42 Å². The highest BCUT2D eigenvalue weighted by atomic mass is 16.4. The number of aromatic carboxylic acids is 1. The average Bonchev–Trinajstić information content (AvgIpc) is 2.77. The van der Waals surface area contributed by atoms with Gasteiger partial charge in [0.15, 0.2) is 5.82 Å². The van der Waals surface area contributed by atoms with E-state index in [1.54, 1.807) is 13.0 Å². The number of hydrogen-bond acceptors (Lipinski definition) is 4. The van der Waals surface area contributed by atoms with Crippen molar-refractivity contribution in [2.24, 2.45) is 0 Å². The Bertz CT molecular complexity index is 672. The van der Waals surface area contributed by atoms with E-state index >= 15 is 0 Å². The summed E-state index contributed by atoms with van der Waals surface area (Å²) in [6.45, 7) is 4.22. The number of rotatable bonds is 4. The first-order valence-electron chi connectivity index (χ1n) is 5.90. The van der Waals surface area contributed by atoms with Gasteiger partial charge < -0.3 is 5.11 Å². The molecule has 2 aromatic rings. The molecule has 100 valence electrons. The molecule has 19 heavy (non-hydrogen) atoms. The van der Waals surface area contributed by atoms with Crippen molar-refractivity contribution in [2.45, 2.75) is 26.8 Å². The summed E-state index contributed by atoms with van der Waals surface area (Å²) in [7, 11) is 0. The van der Waals surface area contributed by atoms with Crippen molar-refractivity contribution in [2.75, 3.05) is 0 Å². The molecule has 7 nitrogen and oxygen atoms in total. The first kappa shape index (κ1) is 13.0. The Morgan fingerprint density at radius 3 is 2.84 bits per heavy atom. The fraction of sp³-hybridized carbons (Fsp3) is 0.333. The normalized spacial score (nSPS) is 10.6. The van der Waals surface area contributed by atoms with Crippen molar-refractivity contribution in [1.29, 1.82) is 0 Å². The Morgan fingerprint density at radius 1 is 1.47 bits per heavy atom. The third kappa shape index (κ3) is 2.40. The van der Waals surface area contributed by atoms with Gasteiger partial charge >= 0.3 is 5.97 Å². The van der Waals surface area contributed by atoms with E-state index in [0.29, 0.717) is 17.9 Å². The molecule has 0 saturated carbocycles. The number of aryl methyl sites for hydroxylation is 2. The molecule has 0 amide bonds. The van der Waals surface area contributed by atoms with Crippen LogP contribution in [0, 0.1) is 6.92 Å². The monoisotopic (exact) mass is 262 g/mol. The summed E-state index contributed by atoms with van der Waals surface area (Å²) in [5.74, 6) is -0.918. The molecule has 0 bridgehead atoms. The van der Waals surface area contributed by atoms with E-state index in [-0.39, 0.29) is 5.56 Å². The molecule has 7 heteroatoms. The molecule has 2 heterocycles. The van der Waals surface area contributed by atoms with Crippen molar-refractivity contribution in [3.8, 4) is 5.82 Å². The summed E-state index contributed by atoms with van der Waals surface area (Å²) in [4.78, 5) is 24.7. The van der Waals surface area contributed by atoms with Crippen LogP contribution < -0.4 is 5.56 Å². The van der Waals surface area contributed by atoms with Gasteiger partial charge in [-0.05, 0) is 25.0 Å². The molecule has 0 saturated heterocycles. The van der Waals surface area contributed by atoms with Gasteiger partial charge in [0.2, 0.25) is 0 Å². The fourth-order valence-electron chi connectivity index (χ4n) is 1.77. The van der Waals surface area contributed by atoms with E-state index < -0.39 is 11.5 Å². The molecule has 1 N–H and O–H groups in total. The minimum absolute atomic E-state index is 0.243. The third-order valence-corrected chi connectivity index (χ3v) is 2.71. The average molecular weight is 262 g/mol. The lowest BCUT2D eigenvalue weighted by Crippen LogP contribution is -2.26. The van der Waals surface area contributed by atoms with Gasteiger partial charge in [-0.3, -0.25) is 9.36 Å². The number of pyridine rings is 1. The van der Waals surface area contributed by atoms with E-state index in [9.17, 15) is 9.59 Å². The number of carboxylic acids is 1. The highest BCUT2D eigenvalue weighted by Crippen LogP contribution is 2.05. The van der Waals surface area contributed by atoms with Crippen LogP contribution in [0.3, 0.4) is 0 Å². The smallest absolute Gasteiger partial charge is 0.341 e. The second-order valence-corrected chi connectivity index (χ2v) is 4.15. The first-order valence-corrected chi connectivity index (χ1v) is 5.90. The Labute approximate surface area is 109 Å². The standard InChI is InChI=1S/C12H14N4O3/c1-3-5-16-13-7-9(14-16)15-6-4-8(2)10(11(15)17)12(18)19/h4,6-7H,3,5H2,1-2H3,(H,18,19). The first-order chi connectivity index (χ1) is 9.04. The van der Waals surface area contributed by atoms with Crippen LogP contribution in [-0.4, -0.2) is 30.6 Å². The predicted octanol–water partition coefficient (Wildman–Crippen LogP) is 0.846. The van der Waals surface area contributed by atoms with Crippen molar-refractivity contribution in [1.82, 2.24) is 19.6 Å². The number of carbonyl (C=O) groups is 1. The van der Waals surface area contributed by atoms with Crippen LogP contribution in [0.5, 0.6) is 0 Å². The molecule has 0 radical (unpaired) electrons. The van der Waals surface area contributed by atoms with E-state index in [1.807, 2.05) is 6.92 Å². The van der Waals surface area contributed by atoms with Crippen molar-refractivity contribution >= 4 is 5.97 Å². The zero-order valence-corrected chi connectivity index (χ0v) is 10.7. The Morgan fingerprint density at radius 2 is 2.21 bits per heavy atom. The third-order valence-electron chi connectivity index (χ3n) is 2.71. The van der Waals surface area contributed by atoms with Crippen LogP contribution in [0.4, 0.5) is 0 Å².